The summed E-state index contributed by atoms with van der Waals surface area (Å²) in [6.45, 7) is 0. The average Bonchev–Trinajstić information content (AvgIpc) is 2.73. The van der Waals surface area contributed by atoms with Gasteiger partial charge in [-0.2, -0.15) is 0 Å². The van der Waals surface area contributed by atoms with Crippen molar-refractivity contribution in [1.29, 1.82) is 0 Å². The molecule has 15 heavy (non-hydrogen) atoms. The molecule has 0 atom stereocenters. The quantitative estimate of drug-likeness (QED) is 0.873. The Balaban J connectivity index is 1.99. The molecule has 0 radical (unpaired) electrons. The Kier molecular flexibility index (Phi) is 2.18. The van der Waals surface area contributed by atoms with Crippen molar-refractivity contribution in [1.82, 2.24) is 0 Å². The number of fused-ring (bicyclic) bond motifs is 1. The maximum absolute atomic E-state index is 9.99. The molecule has 0 aromatic heterocycles. The molecule has 0 spiro atoms. The van der Waals surface area contributed by atoms with E-state index in [0.717, 1.165) is 19.3 Å². The third kappa shape index (κ3) is 1.85. The summed E-state index contributed by atoms with van der Waals surface area (Å²) >= 11 is 3.56. The second-order valence-electron chi connectivity index (χ2n) is 4.96. The van der Waals surface area contributed by atoms with Gasteiger partial charge in [0.15, 0.2) is 0 Å². The van der Waals surface area contributed by atoms with E-state index in [0.29, 0.717) is 0 Å². The molecule has 1 fully saturated rings. The maximum atomic E-state index is 9.99. The Bertz CT molecular complexity index is 407. The lowest BCUT2D eigenvalue weighted by atomic mass is 9.98. The summed E-state index contributed by atoms with van der Waals surface area (Å²) in [5, 5.41) is 9.99. The van der Waals surface area contributed by atoms with Gasteiger partial charge in [-0.15, -0.1) is 0 Å². The fraction of sp³-hybridized carbons (Fsp3) is 0.538. The lowest BCUT2D eigenvalue weighted by Gasteiger charge is -2.13. The van der Waals surface area contributed by atoms with Gasteiger partial charge in [-0.3, -0.25) is 0 Å². The summed E-state index contributed by atoms with van der Waals surface area (Å²) in [5.41, 5.74) is 4.01. The zero-order chi connectivity index (χ0) is 10.5. The van der Waals surface area contributed by atoms with Crippen molar-refractivity contribution >= 4 is 15.9 Å². The van der Waals surface area contributed by atoms with Crippen molar-refractivity contribution in [3.8, 4) is 0 Å². The van der Waals surface area contributed by atoms with Crippen molar-refractivity contribution in [2.45, 2.75) is 44.1 Å². The van der Waals surface area contributed by atoms with Gasteiger partial charge >= 0.3 is 0 Å². The summed E-state index contributed by atoms with van der Waals surface area (Å²) in [4.78, 5) is 0. The highest BCUT2D eigenvalue weighted by Crippen LogP contribution is 2.40. The molecule has 1 aromatic carbocycles. The molecule has 1 N–H and O–H groups in total. The summed E-state index contributed by atoms with van der Waals surface area (Å²) < 4.78 is 1.17. The van der Waals surface area contributed by atoms with Crippen LogP contribution in [0, 0.1) is 0 Å². The van der Waals surface area contributed by atoms with Crippen LogP contribution in [0.25, 0.3) is 0 Å². The minimum Gasteiger partial charge on any atom is -0.390 e. The van der Waals surface area contributed by atoms with E-state index in [4.69, 9.17) is 0 Å². The van der Waals surface area contributed by atoms with Gasteiger partial charge in [0.05, 0.1) is 5.60 Å². The van der Waals surface area contributed by atoms with Crippen LogP contribution in [0.4, 0.5) is 0 Å². The molecule has 0 saturated heterocycles. The fourth-order valence-corrected chi connectivity index (χ4v) is 3.14. The van der Waals surface area contributed by atoms with Crippen LogP contribution in [-0.2, 0) is 19.3 Å². The normalized spacial score (nSPS) is 21.5. The highest BCUT2D eigenvalue weighted by atomic mass is 79.9. The number of hydrogen-bond donors (Lipinski definition) is 1. The van der Waals surface area contributed by atoms with Gasteiger partial charge in [-0.05, 0) is 60.9 Å². The van der Waals surface area contributed by atoms with Crippen molar-refractivity contribution < 1.29 is 5.11 Å². The van der Waals surface area contributed by atoms with Gasteiger partial charge in [0.2, 0.25) is 0 Å². The largest absolute Gasteiger partial charge is 0.390 e. The van der Waals surface area contributed by atoms with Crippen molar-refractivity contribution in [2.24, 2.45) is 0 Å². The zero-order valence-electron chi connectivity index (χ0n) is 8.72. The number of hydrogen-bond acceptors (Lipinski definition) is 1. The van der Waals surface area contributed by atoms with Crippen molar-refractivity contribution in [2.75, 3.05) is 0 Å². The molecule has 80 valence electrons. The average molecular weight is 267 g/mol. The van der Waals surface area contributed by atoms with Crippen LogP contribution < -0.4 is 0 Å². The van der Waals surface area contributed by atoms with Crippen LogP contribution in [0.5, 0.6) is 0 Å². The minimum atomic E-state index is -0.364. The monoisotopic (exact) mass is 266 g/mol. The lowest BCUT2D eigenvalue weighted by molar-refractivity contribution is 0.150. The molecular formula is C13H15BrO. The maximum Gasteiger partial charge on any atom is 0.0690 e. The summed E-state index contributed by atoms with van der Waals surface area (Å²) in [7, 11) is 0. The molecule has 1 aromatic rings. The SMILES string of the molecule is OC1(Cc2cc(Br)cc3c2CCC3)CC1. The van der Waals surface area contributed by atoms with E-state index >= 15 is 0 Å². The molecule has 0 bridgehead atoms. The predicted octanol–water partition coefficient (Wildman–Crippen LogP) is 3.01. The van der Waals surface area contributed by atoms with E-state index in [1.165, 1.54) is 40.4 Å². The van der Waals surface area contributed by atoms with Crippen LogP contribution in [0.1, 0.15) is 36.0 Å². The molecule has 1 nitrogen and oxygen atoms in total. The second kappa shape index (κ2) is 3.33. The number of rotatable bonds is 2. The van der Waals surface area contributed by atoms with Gasteiger partial charge in [-0.1, -0.05) is 15.9 Å². The molecule has 0 aliphatic heterocycles. The van der Waals surface area contributed by atoms with Crippen molar-refractivity contribution in [3.05, 3.63) is 33.3 Å². The van der Waals surface area contributed by atoms with E-state index in [1.807, 2.05) is 0 Å². The van der Waals surface area contributed by atoms with Crippen LogP contribution in [0.3, 0.4) is 0 Å². The van der Waals surface area contributed by atoms with Crippen LogP contribution in [0.15, 0.2) is 16.6 Å². The summed E-state index contributed by atoms with van der Waals surface area (Å²) in [6.07, 6.45) is 6.50. The Morgan fingerprint density at radius 2 is 2.07 bits per heavy atom. The Morgan fingerprint density at radius 1 is 1.27 bits per heavy atom. The van der Waals surface area contributed by atoms with E-state index < -0.39 is 0 Å². The van der Waals surface area contributed by atoms with Gasteiger partial charge in [-0.25, -0.2) is 0 Å². The van der Waals surface area contributed by atoms with Gasteiger partial charge in [0.25, 0.3) is 0 Å². The molecular weight excluding hydrogens is 252 g/mol. The Hall–Kier alpha value is -0.340. The first-order valence-corrected chi connectivity index (χ1v) is 6.48. The fourth-order valence-electron chi connectivity index (χ4n) is 2.59. The minimum absolute atomic E-state index is 0.364. The molecule has 0 heterocycles. The van der Waals surface area contributed by atoms with Crippen LogP contribution in [0.2, 0.25) is 0 Å². The molecule has 0 amide bonds. The Labute approximate surface area is 98.6 Å². The standard InChI is InChI=1S/C13H15BrO/c14-11-6-9-2-1-3-12(9)10(7-11)8-13(15)4-5-13/h6-7,15H,1-5,8H2. The third-order valence-electron chi connectivity index (χ3n) is 3.62. The number of aliphatic hydroxyl groups is 1. The predicted molar refractivity (Wildman–Crippen MR) is 64.1 cm³/mol. The smallest absolute Gasteiger partial charge is 0.0690 e. The van der Waals surface area contributed by atoms with E-state index in [-0.39, 0.29) is 5.60 Å². The molecule has 2 aliphatic carbocycles. The molecule has 2 aliphatic rings. The molecule has 3 rings (SSSR count). The molecule has 1 saturated carbocycles. The molecule has 0 unspecified atom stereocenters. The lowest BCUT2D eigenvalue weighted by Crippen LogP contribution is -2.12. The van der Waals surface area contributed by atoms with E-state index in [9.17, 15) is 5.11 Å². The first-order chi connectivity index (χ1) is 7.16. The number of halogens is 1. The van der Waals surface area contributed by atoms with Crippen LogP contribution >= 0.6 is 15.9 Å². The third-order valence-corrected chi connectivity index (χ3v) is 4.08. The summed E-state index contributed by atoms with van der Waals surface area (Å²) in [5.74, 6) is 0. The summed E-state index contributed by atoms with van der Waals surface area (Å²) in [6, 6.07) is 4.43. The second-order valence-corrected chi connectivity index (χ2v) is 5.87. The highest BCUT2D eigenvalue weighted by Gasteiger charge is 2.40. The van der Waals surface area contributed by atoms with Gasteiger partial charge < -0.3 is 5.11 Å². The number of benzene rings is 1. The van der Waals surface area contributed by atoms with Crippen molar-refractivity contribution in [3.63, 3.8) is 0 Å². The first-order valence-electron chi connectivity index (χ1n) is 5.69. The van der Waals surface area contributed by atoms with E-state index in [2.05, 4.69) is 28.1 Å². The van der Waals surface area contributed by atoms with Gasteiger partial charge in [0, 0.05) is 10.9 Å². The van der Waals surface area contributed by atoms with Gasteiger partial charge in [0.1, 0.15) is 0 Å². The zero-order valence-corrected chi connectivity index (χ0v) is 10.3. The number of aryl methyl sites for hydroxylation is 1. The van der Waals surface area contributed by atoms with E-state index in [1.54, 1.807) is 0 Å². The highest BCUT2D eigenvalue weighted by molar-refractivity contribution is 9.10. The van der Waals surface area contributed by atoms with Crippen LogP contribution in [-0.4, -0.2) is 10.7 Å². The molecule has 2 heteroatoms. The topological polar surface area (TPSA) is 20.2 Å². The Morgan fingerprint density at radius 3 is 2.80 bits per heavy atom. The first kappa shape index (κ1) is 9.86.